The van der Waals surface area contributed by atoms with Crippen LogP contribution in [0.15, 0.2) is 54.7 Å². The van der Waals surface area contributed by atoms with Crippen molar-refractivity contribution in [2.45, 2.75) is 6.92 Å². The van der Waals surface area contributed by atoms with Crippen molar-refractivity contribution < 1.29 is 19.1 Å². The van der Waals surface area contributed by atoms with Crippen LogP contribution in [-0.4, -0.2) is 35.2 Å². The van der Waals surface area contributed by atoms with Gasteiger partial charge in [-0.2, -0.15) is 5.10 Å². The minimum Gasteiger partial charge on any atom is -0.493 e. The first kappa shape index (κ1) is 22.1. The Balaban J connectivity index is 1.62. The molecule has 1 heterocycles. The monoisotopic (exact) mass is 439 g/mol. The molecule has 1 aromatic heterocycles. The van der Waals surface area contributed by atoms with Crippen molar-refractivity contribution in [3.05, 3.63) is 76.6 Å². The zero-order valence-corrected chi connectivity index (χ0v) is 18.1. The Morgan fingerprint density at radius 1 is 1.16 bits per heavy atom. The number of aryl methyl sites for hydroxylation is 2. The number of allylic oxidation sites excluding steroid dienone is 1. The molecule has 3 aromatic rings. The molecular formula is C23H22ClN3O4. The quantitative estimate of drug-likeness (QED) is 0.418. The fourth-order valence-electron chi connectivity index (χ4n) is 2.76. The molecule has 0 aliphatic heterocycles. The van der Waals surface area contributed by atoms with Crippen LogP contribution in [0, 0.1) is 6.92 Å². The third-order valence-corrected chi connectivity index (χ3v) is 4.60. The van der Waals surface area contributed by atoms with Gasteiger partial charge in [0, 0.05) is 18.9 Å². The lowest BCUT2D eigenvalue weighted by Crippen LogP contribution is -2.20. The molecule has 0 fully saturated rings. The summed E-state index contributed by atoms with van der Waals surface area (Å²) in [5.41, 5.74) is 2.71. The number of aromatic nitrogens is 2. The average molecular weight is 440 g/mol. The van der Waals surface area contributed by atoms with Crippen LogP contribution in [-0.2, 0) is 11.8 Å². The Bertz CT molecular complexity index is 1120. The highest BCUT2D eigenvalue weighted by atomic mass is 35.5. The molecule has 0 aliphatic carbocycles. The molecule has 8 heteroatoms. The number of halogens is 1. The third kappa shape index (κ3) is 5.96. The van der Waals surface area contributed by atoms with Gasteiger partial charge in [0.2, 0.25) is 5.78 Å². The molecule has 1 amide bonds. The Morgan fingerprint density at radius 3 is 2.55 bits per heavy atom. The number of benzene rings is 2. The first-order valence-corrected chi connectivity index (χ1v) is 9.82. The number of ether oxygens (including phenoxy) is 2. The van der Waals surface area contributed by atoms with E-state index < -0.39 is 0 Å². The maximum atomic E-state index is 12.3. The van der Waals surface area contributed by atoms with Crippen LogP contribution in [0.3, 0.4) is 0 Å². The number of nitrogens with one attached hydrogen (secondary N) is 1. The largest absolute Gasteiger partial charge is 0.493 e. The van der Waals surface area contributed by atoms with Crippen LogP contribution in [0.25, 0.3) is 6.08 Å². The summed E-state index contributed by atoms with van der Waals surface area (Å²) in [5, 5.41) is 7.11. The zero-order chi connectivity index (χ0) is 22.4. The standard InChI is InChI=1S/C23H22ClN3O4/c1-15-4-8-17(9-5-15)25-22(29)14-31-20-11-7-16(12-21(20)30-3)6-10-19(28)23-18(24)13-27(2)26-23/h4-13H,14H2,1-3H3,(H,25,29)/b10-6+. The first-order valence-electron chi connectivity index (χ1n) is 9.44. The topological polar surface area (TPSA) is 82.4 Å². The number of nitrogens with zero attached hydrogens (tertiary/aromatic N) is 2. The Morgan fingerprint density at radius 2 is 1.90 bits per heavy atom. The number of anilines is 1. The second-order valence-corrected chi connectivity index (χ2v) is 7.22. The van der Waals surface area contributed by atoms with Gasteiger partial charge in [0.25, 0.3) is 5.91 Å². The van der Waals surface area contributed by atoms with Gasteiger partial charge in [-0.25, -0.2) is 0 Å². The van der Waals surface area contributed by atoms with E-state index in [9.17, 15) is 9.59 Å². The molecule has 0 radical (unpaired) electrons. The Kier molecular flexibility index (Phi) is 7.10. The second kappa shape index (κ2) is 9.95. The number of carbonyl (C=O) groups is 2. The van der Waals surface area contributed by atoms with Gasteiger partial charge in [0.1, 0.15) is 0 Å². The highest BCUT2D eigenvalue weighted by molar-refractivity contribution is 6.34. The van der Waals surface area contributed by atoms with E-state index in [1.807, 2.05) is 31.2 Å². The SMILES string of the molecule is COc1cc(/C=C/C(=O)c2nn(C)cc2Cl)ccc1OCC(=O)Nc1ccc(C)cc1. The Labute approximate surface area is 185 Å². The van der Waals surface area contributed by atoms with Crippen molar-refractivity contribution in [2.75, 3.05) is 19.0 Å². The molecule has 0 unspecified atom stereocenters. The van der Waals surface area contributed by atoms with Crippen LogP contribution in [0.5, 0.6) is 11.5 Å². The number of hydrogen-bond acceptors (Lipinski definition) is 5. The van der Waals surface area contributed by atoms with Gasteiger partial charge in [-0.3, -0.25) is 14.3 Å². The fraction of sp³-hybridized carbons (Fsp3) is 0.174. The van der Waals surface area contributed by atoms with E-state index in [1.165, 1.54) is 17.9 Å². The molecule has 0 aliphatic rings. The fourth-order valence-corrected chi connectivity index (χ4v) is 3.03. The molecule has 0 bridgehead atoms. The van der Waals surface area contributed by atoms with Gasteiger partial charge in [-0.05, 0) is 42.8 Å². The number of ketones is 1. The van der Waals surface area contributed by atoms with Crippen LogP contribution >= 0.6 is 11.6 Å². The van der Waals surface area contributed by atoms with E-state index >= 15 is 0 Å². The van der Waals surface area contributed by atoms with Crippen LogP contribution in [0.1, 0.15) is 21.6 Å². The summed E-state index contributed by atoms with van der Waals surface area (Å²) in [6.45, 7) is 1.81. The van der Waals surface area contributed by atoms with Crippen molar-refractivity contribution in [1.82, 2.24) is 9.78 Å². The van der Waals surface area contributed by atoms with E-state index in [-0.39, 0.29) is 24.0 Å². The number of methoxy groups -OCH3 is 1. The van der Waals surface area contributed by atoms with Gasteiger partial charge in [-0.1, -0.05) is 41.4 Å². The molecule has 0 saturated heterocycles. The molecule has 2 aromatic carbocycles. The molecular weight excluding hydrogens is 418 g/mol. The molecule has 31 heavy (non-hydrogen) atoms. The number of rotatable bonds is 8. The summed E-state index contributed by atoms with van der Waals surface area (Å²) in [5.74, 6) is 0.261. The molecule has 0 atom stereocenters. The van der Waals surface area contributed by atoms with Gasteiger partial charge in [0.15, 0.2) is 23.8 Å². The smallest absolute Gasteiger partial charge is 0.262 e. The minimum atomic E-state index is -0.308. The zero-order valence-electron chi connectivity index (χ0n) is 17.4. The predicted octanol–water partition coefficient (Wildman–Crippen LogP) is 4.30. The molecule has 1 N–H and O–H groups in total. The van der Waals surface area contributed by atoms with Crippen molar-refractivity contribution in [1.29, 1.82) is 0 Å². The molecule has 7 nitrogen and oxygen atoms in total. The number of amides is 1. The van der Waals surface area contributed by atoms with E-state index in [1.54, 1.807) is 37.5 Å². The highest BCUT2D eigenvalue weighted by Crippen LogP contribution is 2.28. The Hall–Kier alpha value is -3.58. The summed E-state index contributed by atoms with van der Waals surface area (Å²) in [6.07, 6.45) is 4.58. The minimum absolute atomic E-state index is 0.171. The molecule has 0 spiro atoms. The lowest BCUT2D eigenvalue weighted by atomic mass is 10.1. The lowest BCUT2D eigenvalue weighted by Gasteiger charge is -2.11. The van der Waals surface area contributed by atoms with Crippen LogP contribution in [0.2, 0.25) is 5.02 Å². The summed E-state index contributed by atoms with van der Waals surface area (Å²) in [4.78, 5) is 24.4. The molecule has 160 valence electrons. The third-order valence-electron chi connectivity index (χ3n) is 4.33. The summed E-state index contributed by atoms with van der Waals surface area (Å²) < 4.78 is 12.4. The maximum Gasteiger partial charge on any atom is 0.262 e. The van der Waals surface area contributed by atoms with Crippen LogP contribution in [0.4, 0.5) is 5.69 Å². The summed E-state index contributed by atoms with van der Waals surface area (Å²) >= 11 is 6.00. The lowest BCUT2D eigenvalue weighted by molar-refractivity contribution is -0.118. The van der Waals surface area contributed by atoms with E-state index in [0.29, 0.717) is 27.8 Å². The second-order valence-electron chi connectivity index (χ2n) is 6.81. The van der Waals surface area contributed by atoms with Gasteiger partial charge < -0.3 is 14.8 Å². The van der Waals surface area contributed by atoms with E-state index in [4.69, 9.17) is 21.1 Å². The molecule has 3 rings (SSSR count). The van der Waals surface area contributed by atoms with Gasteiger partial charge in [-0.15, -0.1) is 0 Å². The summed E-state index contributed by atoms with van der Waals surface area (Å²) in [6, 6.07) is 12.6. The van der Waals surface area contributed by atoms with Gasteiger partial charge >= 0.3 is 0 Å². The van der Waals surface area contributed by atoms with E-state index in [2.05, 4.69) is 10.4 Å². The average Bonchev–Trinajstić information content (AvgIpc) is 3.10. The maximum absolute atomic E-state index is 12.3. The normalized spacial score (nSPS) is 10.8. The highest BCUT2D eigenvalue weighted by Gasteiger charge is 2.12. The van der Waals surface area contributed by atoms with Crippen molar-refractivity contribution in [3.63, 3.8) is 0 Å². The predicted molar refractivity (Wildman–Crippen MR) is 120 cm³/mol. The van der Waals surface area contributed by atoms with E-state index in [0.717, 1.165) is 5.56 Å². The molecule has 0 saturated carbocycles. The number of carbonyl (C=O) groups excluding carboxylic acids is 2. The van der Waals surface area contributed by atoms with Crippen LogP contribution < -0.4 is 14.8 Å². The first-order chi connectivity index (χ1) is 14.9. The van der Waals surface area contributed by atoms with Crippen molar-refractivity contribution in [3.8, 4) is 11.5 Å². The van der Waals surface area contributed by atoms with Crippen molar-refractivity contribution in [2.24, 2.45) is 7.05 Å². The van der Waals surface area contributed by atoms with Gasteiger partial charge in [0.05, 0.1) is 12.1 Å². The number of hydrogen-bond donors (Lipinski definition) is 1. The summed E-state index contributed by atoms with van der Waals surface area (Å²) in [7, 11) is 3.19. The van der Waals surface area contributed by atoms with Crippen molar-refractivity contribution >= 4 is 35.1 Å².